The van der Waals surface area contributed by atoms with E-state index >= 15 is 0 Å². The van der Waals surface area contributed by atoms with Gasteiger partial charge in [0.2, 0.25) is 0 Å². The summed E-state index contributed by atoms with van der Waals surface area (Å²) in [4.78, 5) is 15.7. The highest BCUT2D eigenvalue weighted by Crippen LogP contribution is 2.22. The van der Waals surface area contributed by atoms with Crippen LogP contribution in [0.4, 0.5) is 5.82 Å². The number of esters is 1. The Morgan fingerprint density at radius 3 is 2.50 bits per heavy atom. The fourth-order valence-corrected chi connectivity index (χ4v) is 1.56. The highest BCUT2D eigenvalue weighted by molar-refractivity contribution is 6.32. The highest BCUT2D eigenvalue weighted by atomic mass is 35.5. The molecule has 16 heavy (non-hydrogen) atoms. The van der Waals surface area contributed by atoms with E-state index in [9.17, 15) is 4.79 Å². The molecule has 0 atom stereocenters. The molecule has 1 heterocycles. The van der Waals surface area contributed by atoms with E-state index in [0.29, 0.717) is 5.56 Å². The second-order valence-corrected chi connectivity index (χ2v) is 4.89. The number of pyridine rings is 1. The summed E-state index contributed by atoms with van der Waals surface area (Å²) in [5, 5.41) is 0.0757. The molecule has 5 heteroatoms. The fraction of sp³-hybridized carbons (Fsp3) is 0.455. The van der Waals surface area contributed by atoms with E-state index in [0.717, 1.165) is 0 Å². The third-order valence-electron chi connectivity index (χ3n) is 1.80. The molecule has 0 spiro atoms. The van der Waals surface area contributed by atoms with Crippen molar-refractivity contribution in [2.75, 3.05) is 5.73 Å². The molecule has 0 unspecified atom stereocenters. The zero-order valence-corrected chi connectivity index (χ0v) is 10.6. The van der Waals surface area contributed by atoms with Crippen LogP contribution >= 0.6 is 11.6 Å². The SMILES string of the molecule is Cc1cc(N)nc(Cl)c1C(=O)OC(C)(C)C. The molecule has 1 rings (SSSR count). The normalized spacial score (nSPS) is 11.3. The van der Waals surface area contributed by atoms with Crippen molar-refractivity contribution in [1.29, 1.82) is 0 Å². The molecule has 0 amide bonds. The molecular weight excluding hydrogens is 228 g/mol. The quantitative estimate of drug-likeness (QED) is 0.607. The Balaban J connectivity index is 3.10. The molecule has 1 aromatic rings. The number of aromatic nitrogens is 1. The first-order valence-corrected chi connectivity index (χ1v) is 5.24. The predicted molar refractivity (Wildman–Crippen MR) is 63.6 cm³/mol. The van der Waals surface area contributed by atoms with E-state index in [1.54, 1.807) is 33.8 Å². The van der Waals surface area contributed by atoms with Crippen molar-refractivity contribution < 1.29 is 9.53 Å². The predicted octanol–water partition coefficient (Wildman–Crippen LogP) is 2.58. The molecule has 1 aromatic heterocycles. The summed E-state index contributed by atoms with van der Waals surface area (Å²) in [5.41, 5.74) is 5.88. The largest absolute Gasteiger partial charge is 0.456 e. The van der Waals surface area contributed by atoms with Crippen molar-refractivity contribution in [3.8, 4) is 0 Å². The summed E-state index contributed by atoms with van der Waals surface area (Å²) in [5.74, 6) is -0.197. The van der Waals surface area contributed by atoms with Gasteiger partial charge in [-0.05, 0) is 39.3 Å². The van der Waals surface area contributed by atoms with Gasteiger partial charge in [0.15, 0.2) is 0 Å². The van der Waals surface area contributed by atoms with E-state index in [1.165, 1.54) is 0 Å². The summed E-state index contributed by atoms with van der Waals surface area (Å²) < 4.78 is 5.22. The van der Waals surface area contributed by atoms with Crippen LogP contribution in [0.25, 0.3) is 0 Å². The molecule has 0 aliphatic heterocycles. The van der Waals surface area contributed by atoms with Crippen LogP contribution in [0, 0.1) is 6.92 Å². The minimum atomic E-state index is -0.561. The summed E-state index contributed by atoms with van der Waals surface area (Å²) in [6.07, 6.45) is 0. The Kier molecular flexibility index (Phi) is 3.43. The van der Waals surface area contributed by atoms with Gasteiger partial charge in [-0.2, -0.15) is 0 Å². The number of hydrogen-bond donors (Lipinski definition) is 1. The topological polar surface area (TPSA) is 65.2 Å². The number of anilines is 1. The van der Waals surface area contributed by atoms with Crippen LogP contribution in [-0.4, -0.2) is 16.6 Å². The zero-order chi connectivity index (χ0) is 12.5. The first-order chi connectivity index (χ1) is 7.20. The Morgan fingerprint density at radius 2 is 2.06 bits per heavy atom. The maximum atomic E-state index is 11.8. The van der Waals surface area contributed by atoms with E-state index in [-0.39, 0.29) is 16.5 Å². The molecule has 0 saturated heterocycles. The zero-order valence-electron chi connectivity index (χ0n) is 9.80. The van der Waals surface area contributed by atoms with Gasteiger partial charge in [0.05, 0.1) is 0 Å². The van der Waals surface area contributed by atoms with Gasteiger partial charge in [-0.3, -0.25) is 0 Å². The van der Waals surface area contributed by atoms with Gasteiger partial charge in [-0.25, -0.2) is 9.78 Å². The van der Waals surface area contributed by atoms with E-state index in [4.69, 9.17) is 22.1 Å². The summed E-state index contributed by atoms with van der Waals surface area (Å²) in [6.45, 7) is 7.11. The van der Waals surface area contributed by atoms with Gasteiger partial charge in [0.1, 0.15) is 22.1 Å². The van der Waals surface area contributed by atoms with Gasteiger partial charge in [0.25, 0.3) is 0 Å². The average Bonchev–Trinajstić information content (AvgIpc) is 1.96. The number of carbonyl (C=O) groups is 1. The smallest absolute Gasteiger partial charge is 0.342 e. The Hall–Kier alpha value is -1.29. The monoisotopic (exact) mass is 242 g/mol. The molecule has 0 aromatic carbocycles. The maximum absolute atomic E-state index is 11.8. The van der Waals surface area contributed by atoms with Crippen molar-refractivity contribution in [2.24, 2.45) is 0 Å². The molecule has 2 N–H and O–H groups in total. The molecule has 4 nitrogen and oxygen atoms in total. The summed E-state index contributed by atoms with van der Waals surface area (Å²) in [6, 6.07) is 1.59. The summed E-state index contributed by atoms with van der Waals surface area (Å²) >= 11 is 5.87. The van der Waals surface area contributed by atoms with Crippen LogP contribution < -0.4 is 5.73 Å². The number of ether oxygens (including phenoxy) is 1. The van der Waals surface area contributed by atoms with Crippen LogP contribution in [-0.2, 0) is 4.74 Å². The second-order valence-electron chi connectivity index (χ2n) is 4.53. The van der Waals surface area contributed by atoms with Crippen LogP contribution in [0.1, 0.15) is 36.7 Å². The third kappa shape index (κ3) is 3.10. The Morgan fingerprint density at radius 1 is 1.50 bits per heavy atom. The number of rotatable bonds is 1. The van der Waals surface area contributed by atoms with Crippen LogP contribution in [0.5, 0.6) is 0 Å². The maximum Gasteiger partial charge on any atom is 0.342 e. The Labute approximate surface area is 99.8 Å². The lowest BCUT2D eigenvalue weighted by atomic mass is 10.1. The molecule has 88 valence electrons. The molecule has 0 aliphatic carbocycles. The first-order valence-electron chi connectivity index (χ1n) is 4.86. The fourth-order valence-electron chi connectivity index (χ4n) is 1.23. The van der Waals surface area contributed by atoms with Gasteiger partial charge < -0.3 is 10.5 Å². The molecular formula is C11H15ClN2O2. The number of aryl methyl sites for hydroxylation is 1. The lowest BCUT2D eigenvalue weighted by Gasteiger charge is -2.20. The number of halogens is 1. The van der Waals surface area contributed by atoms with Crippen molar-refractivity contribution in [3.05, 3.63) is 22.3 Å². The number of nitrogen functional groups attached to an aromatic ring is 1. The molecule has 0 saturated carbocycles. The number of nitrogens with two attached hydrogens (primary N) is 1. The van der Waals surface area contributed by atoms with Gasteiger partial charge in [-0.1, -0.05) is 11.6 Å². The van der Waals surface area contributed by atoms with Gasteiger partial charge in [-0.15, -0.1) is 0 Å². The lowest BCUT2D eigenvalue weighted by molar-refractivity contribution is 0.00686. The average molecular weight is 243 g/mol. The van der Waals surface area contributed by atoms with Crippen LogP contribution in [0.2, 0.25) is 5.15 Å². The van der Waals surface area contributed by atoms with Crippen LogP contribution in [0.3, 0.4) is 0 Å². The molecule has 0 radical (unpaired) electrons. The van der Waals surface area contributed by atoms with Gasteiger partial charge >= 0.3 is 5.97 Å². The number of hydrogen-bond acceptors (Lipinski definition) is 4. The first kappa shape index (κ1) is 12.8. The van der Waals surface area contributed by atoms with Crippen molar-refractivity contribution >= 4 is 23.4 Å². The second kappa shape index (κ2) is 4.29. The van der Waals surface area contributed by atoms with Crippen molar-refractivity contribution in [2.45, 2.75) is 33.3 Å². The van der Waals surface area contributed by atoms with Crippen molar-refractivity contribution in [3.63, 3.8) is 0 Å². The molecule has 0 aliphatic rings. The lowest BCUT2D eigenvalue weighted by Crippen LogP contribution is -2.24. The highest BCUT2D eigenvalue weighted by Gasteiger charge is 2.22. The Bertz CT molecular complexity index is 401. The van der Waals surface area contributed by atoms with E-state index in [2.05, 4.69) is 4.98 Å². The minimum Gasteiger partial charge on any atom is -0.456 e. The third-order valence-corrected chi connectivity index (χ3v) is 2.07. The summed E-state index contributed by atoms with van der Waals surface area (Å²) in [7, 11) is 0. The van der Waals surface area contributed by atoms with Crippen LogP contribution in [0.15, 0.2) is 6.07 Å². The van der Waals surface area contributed by atoms with E-state index < -0.39 is 11.6 Å². The molecule has 0 fully saturated rings. The number of carbonyl (C=O) groups excluding carboxylic acids is 1. The minimum absolute atomic E-state index is 0.0757. The number of nitrogens with zero attached hydrogens (tertiary/aromatic N) is 1. The van der Waals surface area contributed by atoms with E-state index in [1.807, 2.05) is 0 Å². The van der Waals surface area contributed by atoms with Gasteiger partial charge in [0, 0.05) is 0 Å². The molecule has 0 bridgehead atoms. The van der Waals surface area contributed by atoms with Crippen molar-refractivity contribution in [1.82, 2.24) is 4.98 Å². The standard InChI is InChI=1S/C11H15ClN2O2/c1-6-5-7(13)14-9(12)8(6)10(15)16-11(2,3)4/h5H,1-4H3,(H2,13,14).